The van der Waals surface area contributed by atoms with Crippen LogP contribution in [-0.2, 0) is 21.4 Å². The molecular formula is C16H18FNO4S. The van der Waals surface area contributed by atoms with Gasteiger partial charge in [-0.3, -0.25) is 0 Å². The van der Waals surface area contributed by atoms with Gasteiger partial charge in [0.1, 0.15) is 16.5 Å². The largest absolute Gasteiger partial charge is 0.383 e. The molecule has 2 aromatic carbocycles. The van der Waals surface area contributed by atoms with E-state index in [2.05, 4.69) is 5.32 Å². The highest BCUT2D eigenvalue weighted by Crippen LogP contribution is 2.19. The van der Waals surface area contributed by atoms with E-state index in [1.54, 1.807) is 31.4 Å². The molecule has 0 saturated carbocycles. The van der Waals surface area contributed by atoms with Gasteiger partial charge in [-0.05, 0) is 42.0 Å². The van der Waals surface area contributed by atoms with Crippen molar-refractivity contribution in [3.05, 3.63) is 59.9 Å². The molecule has 0 spiro atoms. The van der Waals surface area contributed by atoms with E-state index >= 15 is 0 Å². The Bertz CT molecular complexity index is 715. The van der Waals surface area contributed by atoms with E-state index in [4.69, 9.17) is 8.92 Å². The lowest BCUT2D eigenvalue weighted by atomic mass is 10.2. The number of benzene rings is 2. The smallest absolute Gasteiger partial charge is 0.339 e. The first-order valence-electron chi connectivity index (χ1n) is 7.00. The monoisotopic (exact) mass is 339 g/mol. The molecule has 0 fully saturated rings. The Labute approximate surface area is 135 Å². The van der Waals surface area contributed by atoms with Crippen molar-refractivity contribution < 1.29 is 21.7 Å². The summed E-state index contributed by atoms with van der Waals surface area (Å²) < 4.78 is 47.0. The average molecular weight is 339 g/mol. The highest BCUT2D eigenvalue weighted by atomic mass is 32.2. The van der Waals surface area contributed by atoms with E-state index in [0.29, 0.717) is 13.2 Å². The summed E-state index contributed by atoms with van der Waals surface area (Å²) in [5, 5.41) is 3.18. The lowest BCUT2D eigenvalue weighted by Crippen LogP contribution is -2.18. The molecule has 7 heteroatoms. The van der Waals surface area contributed by atoms with Gasteiger partial charge in [-0.2, -0.15) is 8.42 Å². The second-order valence-electron chi connectivity index (χ2n) is 4.80. The normalized spacial score (nSPS) is 11.4. The Hall–Kier alpha value is -1.96. The van der Waals surface area contributed by atoms with Crippen molar-refractivity contribution in [3.8, 4) is 5.75 Å². The summed E-state index contributed by atoms with van der Waals surface area (Å²) in [5.41, 5.74) is 0.993. The van der Waals surface area contributed by atoms with Crippen LogP contribution in [0, 0.1) is 5.82 Å². The Morgan fingerprint density at radius 1 is 1.04 bits per heavy atom. The van der Waals surface area contributed by atoms with Crippen molar-refractivity contribution >= 4 is 10.1 Å². The van der Waals surface area contributed by atoms with Crippen molar-refractivity contribution in [2.24, 2.45) is 0 Å². The molecule has 0 aromatic heterocycles. The molecular weight excluding hydrogens is 321 g/mol. The van der Waals surface area contributed by atoms with Gasteiger partial charge in [0.2, 0.25) is 0 Å². The summed E-state index contributed by atoms with van der Waals surface area (Å²) >= 11 is 0. The Balaban J connectivity index is 1.98. The van der Waals surface area contributed by atoms with Gasteiger partial charge in [-0.25, -0.2) is 4.39 Å². The number of halogens is 1. The molecule has 0 amide bonds. The van der Waals surface area contributed by atoms with Gasteiger partial charge in [-0.1, -0.05) is 12.1 Å². The zero-order chi connectivity index (χ0) is 16.7. The molecule has 0 aliphatic heterocycles. The molecule has 0 bridgehead atoms. The van der Waals surface area contributed by atoms with Crippen LogP contribution in [0.1, 0.15) is 5.56 Å². The molecule has 124 valence electrons. The van der Waals surface area contributed by atoms with Crippen molar-refractivity contribution in [1.29, 1.82) is 0 Å². The fraction of sp³-hybridized carbons (Fsp3) is 0.250. The molecule has 2 aromatic rings. The van der Waals surface area contributed by atoms with E-state index in [-0.39, 0.29) is 10.6 Å². The maximum absolute atomic E-state index is 12.8. The Morgan fingerprint density at radius 3 is 2.30 bits per heavy atom. The van der Waals surface area contributed by atoms with E-state index in [1.165, 1.54) is 12.1 Å². The van der Waals surface area contributed by atoms with Crippen LogP contribution in [0.5, 0.6) is 5.75 Å². The van der Waals surface area contributed by atoms with E-state index in [0.717, 1.165) is 24.2 Å². The van der Waals surface area contributed by atoms with Gasteiger partial charge in [-0.15, -0.1) is 0 Å². The predicted octanol–water partition coefficient (Wildman–Crippen LogP) is 2.33. The van der Waals surface area contributed by atoms with E-state index in [9.17, 15) is 12.8 Å². The van der Waals surface area contributed by atoms with Crippen molar-refractivity contribution in [1.82, 2.24) is 5.32 Å². The molecule has 0 radical (unpaired) electrons. The Kier molecular flexibility index (Phi) is 6.09. The van der Waals surface area contributed by atoms with Crippen LogP contribution in [-0.4, -0.2) is 28.7 Å². The van der Waals surface area contributed by atoms with Crippen LogP contribution in [0.25, 0.3) is 0 Å². The van der Waals surface area contributed by atoms with Crippen molar-refractivity contribution in [2.75, 3.05) is 20.3 Å². The average Bonchev–Trinajstić information content (AvgIpc) is 2.53. The lowest BCUT2D eigenvalue weighted by molar-refractivity contribution is 0.199. The second-order valence-corrected chi connectivity index (χ2v) is 6.35. The number of nitrogens with one attached hydrogen (secondary N) is 1. The minimum atomic E-state index is -3.97. The van der Waals surface area contributed by atoms with Crippen LogP contribution in [0.15, 0.2) is 53.4 Å². The van der Waals surface area contributed by atoms with Gasteiger partial charge in [0, 0.05) is 20.2 Å². The number of methoxy groups -OCH3 is 1. The minimum absolute atomic E-state index is 0.0933. The highest BCUT2D eigenvalue weighted by Gasteiger charge is 2.16. The minimum Gasteiger partial charge on any atom is -0.383 e. The van der Waals surface area contributed by atoms with Gasteiger partial charge < -0.3 is 14.2 Å². The first-order chi connectivity index (χ1) is 11.0. The summed E-state index contributed by atoms with van der Waals surface area (Å²) in [6.07, 6.45) is 0. The lowest BCUT2D eigenvalue weighted by Gasteiger charge is -2.08. The summed E-state index contributed by atoms with van der Waals surface area (Å²) in [4.78, 5) is -0.0933. The van der Waals surface area contributed by atoms with Gasteiger partial charge in [0.25, 0.3) is 0 Å². The van der Waals surface area contributed by atoms with Gasteiger partial charge >= 0.3 is 10.1 Å². The number of rotatable bonds is 8. The summed E-state index contributed by atoms with van der Waals surface area (Å²) in [6, 6.07) is 11.2. The van der Waals surface area contributed by atoms with Crippen molar-refractivity contribution in [3.63, 3.8) is 0 Å². The molecule has 2 rings (SSSR count). The van der Waals surface area contributed by atoms with Crippen LogP contribution in [0.4, 0.5) is 4.39 Å². The maximum atomic E-state index is 12.8. The molecule has 5 nitrogen and oxygen atoms in total. The highest BCUT2D eigenvalue weighted by molar-refractivity contribution is 7.87. The molecule has 0 aliphatic carbocycles. The first kappa shape index (κ1) is 17.4. The number of ether oxygens (including phenoxy) is 1. The van der Waals surface area contributed by atoms with Crippen LogP contribution in [0.2, 0.25) is 0 Å². The Morgan fingerprint density at radius 2 is 1.70 bits per heavy atom. The number of hydrogen-bond donors (Lipinski definition) is 1. The standard InChI is InChI=1S/C16H18FNO4S/c1-21-11-10-18-12-13-2-6-15(7-3-13)22-23(19,20)16-8-4-14(17)5-9-16/h2-9,18H,10-12H2,1H3. The first-order valence-corrected chi connectivity index (χ1v) is 8.41. The maximum Gasteiger partial charge on any atom is 0.339 e. The summed E-state index contributed by atoms with van der Waals surface area (Å²) in [6.45, 7) is 2.00. The van der Waals surface area contributed by atoms with E-state index in [1.807, 2.05) is 0 Å². The molecule has 23 heavy (non-hydrogen) atoms. The SMILES string of the molecule is COCCNCc1ccc(OS(=O)(=O)c2ccc(F)cc2)cc1. The molecule has 0 atom stereocenters. The zero-order valence-electron chi connectivity index (χ0n) is 12.7. The van der Waals surface area contributed by atoms with E-state index < -0.39 is 15.9 Å². The molecule has 0 saturated heterocycles. The third-order valence-corrected chi connectivity index (χ3v) is 4.31. The molecule has 0 heterocycles. The third kappa shape index (κ3) is 5.31. The third-order valence-electron chi connectivity index (χ3n) is 3.04. The number of hydrogen-bond acceptors (Lipinski definition) is 5. The fourth-order valence-corrected chi connectivity index (χ4v) is 2.78. The fourth-order valence-electron chi connectivity index (χ4n) is 1.85. The second kappa shape index (κ2) is 8.05. The predicted molar refractivity (Wildman–Crippen MR) is 84.2 cm³/mol. The quantitative estimate of drug-likeness (QED) is 0.591. The van der Waals surface area contributed by atoms with Gasteiger partial charge in [0.05, 0.1) is 6.61 Å². The summed E-state index contributed by atoms with van der Waals surface area (Å²) in [5.74, 6) is -0.302. The zero-order valence-corrected chi connectivity index (χ0v) is 13.5. The van der Waals surface area contributed by atoms with Gasteiger partial charge in [0.15, 0.2) is 0 Å². The molecule has 0 aliphatic rings. The summed E-state index contributed by atoms with van der Waals surface area (Å²) in [7, 11) is -2.33. The van der Waals surface area contributed by atoms with Crippen LogP contribution >= 0.6 is 0 Å². The van der Waals surface area contributed by atoms with Crippen LogP contribution < -0.4 is 9.50 Å². The molecule has 1 N–H and O–H groups in total. The van der Waals surface area contributed by atoms with Crippen molar-refractivity contribution in [2.45, 2.75) is 11.4 Å². The van der Waals surface area contributed by atoms with Crippen LogP contribution in [0.3, 0.4) is 0 Å². The topological polar surface area (TPSA) is 64.6 Å². The molecule has 0 unspecified atom stereocenters.